The highest BCUT2D eigenvalue weighted by Gasteiger charge is 2.30. The molecule has 0 bridgehead atoms. The molecule has 3 heterocycles. The van der Waals surface area contributed by atoms with Crippen molar-refractivity contribution in [3.63, 3.8) is 0 Å². The number of nitrogens with one attached hydrogen (secondary N) is 1. The van der Waals surface area contributed by atoms with Crippen LogP contribution in [-0.4, -0.2) is 59.0 Å². The van der Waals surface area contributed by atoms with Gasteiger partial charge in [-0.2, -0.15) is 0 Å². The van der Waals surface area contributed by atoms with E-state index in [1.54, 1.807) is 18.3 Å². The van der Waals surface area contributed by atoms with Gasteiger partial charge in [0.1, 0.15) is 23.3 Å². The van der Waals surface area contributed by atoms with Gasteiger partial charge in [0.25, 0.3) is 5.91 Å². The number of rotatable bonds is 4. The molecule has 1 atom stereocenters. The summed E-state index contributed by atoms with van der Waals surface area (Å²) >= 11 is 0. The number of hydrogen-bond donors (Lipinski definition) is 1. The summed E-state index contributed by atoms with van der Waals surface area (Å²) in [5.74, 6) is -1.36. The quantitative estimate of drug-likeness (QED) is 0.803. The Morgan fingerprint density at radius 2 is 1.77 bits per heavy atom. The molecule has 31 heavy (non-hydrogen) atoms. The van der Waals surface area contributed by atoms with Gasteiger partial charge < -0.3 is 19.9 Å². The molecule has 4 rings (SSSR count). The molecule has 1 aromatic carbocycles. The fourth-order valence-electron chi connectivity index (χ4n) is 3.91. The fourth-order valence-corrected chi connectivity index (χ4v) is 3.91. The summed E-state index contributed by atoms with van der Waals surface area (Å²) in [6.07, 6.45) is 4.90. The van der Waals surface area contributed by atoms with Crippen LogP contribution in [0.2, 0.25) is 0 Å². The van der Waals surface area contributed by atoms with Gasteiger partial charge in [-0.3, -0.25) is 4.79 Å². The second kappa shape index (κ2) is 9.28. The van der Waals surface area contributed by atoms with E-state index in [0.29, 0.717) is 18.5 Å². The molecule has 2 aromatic rings. The molecule has 164 valence electrons. The van der Waals surface area contributed by atoms with Crippen molar-refractivity contribution >= 4 is 17.6 Å². The van der Waals surface area contributed by atoms with Gasteiger partial charge in [0.05, 0.1) is 6.54 Å². The lowest BCUT2D eigenvalue weighted by atomic mass is 10.1. The van der Waals surface area contributed by atoms with Crippen molar-refractivity contribution in [2.75, 3.05) is 31.5 Å². The van der Waals surface area contributed by atoms with Gasteiger partial charge in [-0.1, -0.05) is 0 Å². The average Bonchev–Trinajstić information content (AvgIpc) is 3.22. The molecule has 0 radical (unpaired) electrons. The summed E-state index contributed by atoms with van der Waals surface area (Å²) in [6, 6.07) is 5.79. The molecule has 0 aliphatic carbocycles. The van der Waals surface area contributed by atoms with E-state index in [1.165, 1.54) is 4.90 Å². The zero-order valence-electron chi connectivity index (χ0n) is 17.0. The lowest BCUT2D eigenvalue weighted by Gasteiger charge is -2.27. The zero-order chi connectivity index (χ0) is 21.8. The second-order valence-electron chi connectivity index (χ2n) is 7.77. The Balaban J connectivity index is 1.38. The van der Waals surface area contributed by atoms with Crippen LogP contribution in [0.1, 0.15) is 36.0 Å². The SMILES string of the molecule is O=C(Nc1cc(F)cc(F)c1)N1CCC(Oc2ncccc2C(=O)N2CCCCC2)C1. The largest absolute Gasteiger partial charge is 0.472 e. The first-order valence-corrected chi connectivity index (χ1v) is 10.4. The molecule has 3 amide bonds. The highest BCUT2D eigenvalue weighted by atomic mass is 19.1. The van der Waals surface area contributed by atoms with E-state index in [4.69, 9.17) is 4.74 Å². The second-order valence-corrected chi connectivity index (χ2v) is 7.77. The number of ether oxygens (including phenoxy) is 1. The van der Waals surface area contributed by atoms with Gasteiger partial charge >= 0.3 is 6.03 Å². The molecular formula is C22H24F2N4O3. The lowest BCUT2D eigenvalue weighted by molar-refractivity contribution is 0.0715. The summed E-state index contributed by atoms with van der Waals surface area (Å²) in [4.78, 5) is 32.9. The summed E-state index contributed by atoms with van der Waals surface area (Å²) in [5.41, 5.74) is 0.466. The fraction of sp³-hybridized carbons (Fsp3) is 0.409. The Labute approximate surface area is 179 Å². The predicted molar refractivity (Wildman–Crippen MR) is 110 cm³/mol. The van der Waals surface area contributed by atoms with E-state index in [2.05, 4.69) is 10.3 Å². The van der Waals surface area contributed by atoms with E-state index in [9.17, 15) is 18.4 Å². The van der Waals surface area contributed by atoms with Gasteiger partial charge in [-0.15, -0.1) is 0 Å². The van der Waals surface area contributed by atoms with Crippen LogP contribution in [0, 0.1) is 11.6 Å². The third kappa shape index (κ3) is 5.10. The molecule has 9 heteroatoms. The molecule has 0 spiro atoms. The first-order valence-electron chi connectivity index (χ1n) is 10.4. The number of halogens is 2. The number of carbonyl (C=O) groups is 2. The number of anilines is 1. The number of carbonyl (C=O) groups excluding carboxylic acids is 2. The average molecular weight is 430 g/mol. The number of aromatic nitrogens is 1. The number of benzene rings is 1. The Kier molecular flexibility index (Phi) is 6.29. The van der Waals surface area contributed by atoms with Gasteiger partial charge in [-0.05, 0) is 43.5 Å². The van der Waals surface area contributed by atoms with Crippen LogP contribution in [0.4, 0.5) is 19.3 Å². The van der Waals surface area contributed by atoms with E-state index >= 15 is 0 Å². The topological polar surface area (TPSA) is 74.8 Å². The van der Waals surface area contributed by atoms with Crippen molar-refractivity contribution in [1.82, 2.24) is 14.8 Å². The smallest absolute Gasteiger partial charge is 0.321 e. The third-order valence-electron chi connectivity index (χ3n) is 5.47. The molecule has 2 fully saturated rings. The highest BCUT2D eigenvalue weighted by molar-refractivity contribution is 5.96. The van der Waals surface area contributed by atoms with Gasteiger partial charge in [0, 0.05) is 44.0 Å². The lowest BCUT2D eigenvalue weighted by Crippen LogP contribution is -2.36. The van der Waals surface area contributed by atoms with Crippen molar-refractivity contribution in [2.24, 2.45) is 0 Å². The van der Waals surface area contributed by atoms with Crippen LogP contribution < -0.4 is 10.1 Å². The van der Waals surface area contributed by atoms with Crippen molar-refractivity contribution < 1.29 is 23.1 Å². The van der Waals surface area contributed by atoms with Crippen LogP contribution in [0.5, 0.6) is 5.88 Å². The van der Waals surface area contributed by atoms with Crippen molar-refractivity contribution in [1.29, 1.82) is 0 Å². The molecule has 2 saturated heterocycles. The summed E-state index contributed by atoms with van der Waals surface area (Å²) in [6.45, 7) is 2.14. The maximum absolute atomic E-state index is 13.3. The standard InChI is InChI=1S/C22H24F2N4O3/c23-15-11-16(24)13-17(12-15)26-22(30)28-10-6-18(14-28)31-20-19(5-4-7-25-20)21(29)27-8-2-1-3-9-27/h4-5,7,11-13,18H,1-3,6,8-10,14H2,(H,26,30). The summed E-state index contributed by atoms with van der Waals surface area (Å²) < 4.78 is 32.7. The van der Waals surface area contributed by atoms with Crippen LogP contribution in [0.25, 0.3) is 0 Å². The highest BCUT2D eigenvalue weighted by Crippen LogP contribution is 2.24. The van der Waals surface area contributed by atoms with Gasteiger partial charge in [0.15, 0.2) is 0 Å². The van der Waals surface area contributed by atoms with Crippen molar-refractivity contribution in [2.45, 2.75) is 31.8 Å². The maximum Gasteiger partial charge on any atom is 0.321 e. The van der Waals surface area contributed by atoms with Gasteiger partial charge in [-0.25, -0.2) is 18.6 Å². The minimum Gasteiger partial charge on any atom is -0.472 e. The minimum atomic E-state index is -0.765. The van der Waals surface area contributed by atoms with Crippen molar-refractivity contribution in [3.05, 3.63) is 53.7 Å². The Morgan fingerprint density at radius 3 is 2.52 bits per heavy atom. The number of likely N-dealkylation sites (tertiary alicyclic amines) is 2. The Bertz CT molecular complexity index is 945. The minimum absolute atomic E-state index is 0.0472. The number of piperidine rings is 1. The van der Waals surface area contributed by atoms with Gasteiger partial charge in [0.2, 0.25) is 5.88 Å². The first-order chi connectivity index (χ1) is 15.0. The van der Waals surface area contributed by atoms with Crippen LogP contribution >= 0.6 is 0 Å². The Hall–Kier alpha value is -3.23. The van der Waals surface area contributed by atoms with E-state index < -0.39 is 17.7 Å². The molecule has 2 aliphatic heterocycles. The summed E-state index contributed by atoms with van der Waals surface area (Å²) in [5, 5.41) is 2.50. The normalized spacial score (nSPS) is 18.7. The van der Waals surface area contributed by atoms with E-state index in [0.717, 1.165) is 50.6 Å². The van der Waals surface area contributed by atoms with E-state index in [-0.39, 0.29) is 30.1 Å². The molecule has 1 unspecified atom stereocenters. The number of urea groups is 1. The molecule has 2 aliphatic rings. The van der Waals surface area contributed by atoms with Crippen LogP contribution in [0.15, 0.2) is 36.5 Å². The Morgan fingerprint density at radius 1 is 1.03 bits per heavy atom. The number of nitrogens with zero attached hydrogens (tertiary/aromatic N) is 3. The third-order valence-corrected chi connectivity index (χ3v) is 5.47. The van der Waals surface area contributed by atoms with Crippen molar-refractivity contribution in [3.8, 4) is 5.88 Å². The van der Waals surface area contributed by atoms with Crippen LogP contribution in [0.3, 0.4) is 0 Å². The monoisotopic (exact) mass is 430 g/mol. The maximum atomic E-state index is 13.3. The first kappa shape index (κ1) is 21.0. The summed E-state index contributed by atoms with van der Waals surface area (Å²) in [7, 11) is 0. The molecule has 1 aromatic heterocycles. The number of pyridine rings is 1. The molecule has 0 saturated carbocycles. The molecule has 1 N–H and O–H groups in total. The molecule has 7 nitrogen and oxygen atoms in total. The zero-order valence-corrected chi connectivity index (χ0v) is 17.0. The molecular weight excluding hydrogens is 406 g/mol. The number of amides is 3. The number of hydrogen-bond acceptors (Lipinski definition) is 4. The van der Waals surface area contributed by atoms with Crippen LogP contribution in [-0.2, 0) is 0 Å². The van der Waals surface area contributed by atoms with E-state index in [1.807, 2.05) is 4.90 Å². The predicted octanol–water partition coefficient (Wildman–Crippen LogP) is 3.67.